The van der Waals surface area contributed by atoms with E-state index in [0.29, 0.717) is 6.42 Å². The fourth-order valence-corrected chi connectivity index (χ4v) is 6.67. The number of aryl methyl sites for hydroxylation is 1. The molecule has 1 aliphatic heterocycles. The number of methoxy groups -OCH3 is 1. The monoisotopic (exact) mass is 466 g/mol. The van der Waals surface area contributed by atoms with Crippen LogP contribution in [0.15, 0.2) is 47.4 Å². The van der Waals surface area contributed by atoms with Crippen LogP contribution in [-0.4, -0.2) is 46.2 Å². The summed E-state index contributed by atoms with van der Waals surface area (Å²) in [6, 6.07) is 9.38. The lowest BCUT2D eigenvalue weighted by molar-refractivity contribution is 0.0593. The summed E-state index contributed by atoms with van der Waals surface area (Å²) >= 11 is 0. The summed E-state index contributed by atoms with van der Waals surface area (Å²) in [6.45, 7) is 1.88. The molecule has 4 rings (SSSR count). The number of nitrogens with zero attached hydrogens (tertiary/aromatic N) is 2. The third-order valence-electron chi connectivity index (χ3n) is 5.15. The molecule has 0 unspecified atom stereocenters. The molecule has 0 N–H and O–H groups in total. The van der Waals surface area contributed by atoms with Crippen molar-refractivity contribution < 1.29 is 30.8 Å². The lowest BCUT2D eigenvalue weighted by atomic mass is 10.2. The van der Waals surface area contributed by atoms with Crippen molar-refractivity contribution in [1.29, 1.82) is 0 Å². The lowest BCUT2D eigenvalue weighted by Crippen LogP contribution is -2.26. The predicted octanol–water partition coefficient (Wildman–Crippen LogP) is 2.65. The molecule has 2 aromatic carbocycles. The SMILES string of the molecule is COC(=O)c1cc2cc(F)c(N3CCCS3(=O)=O)cc2n1S(=O)(=O)c1ccc(C)cc1. The van der Waals surface area contributed by atoms with Crippen molar-refractivity contribution in [2.24, 2.45) is 0 Å². The Morgan fingerprint density at radius 2 is 1.81 bits per heavy atom. The smallest absolute Gasteiger partial charge is 0.355 e. The second-order valence-electron chi connectivity index (χ2n) is 7.21. The van der Waals surface area contributed by atoms with E-state index < -0.39 is 31.8 Å². The van der Waals surface area contributed by atoms with Crippen LogP contribution in [0.4, 0.5) is 10.1 Å². The number of carbonyl (C=O) groups excluding carboxylic acids is 1. The minimum atomic E-state index is -4.28. The van der Waals surface area contributed by atoms with Crippen LogP contribution in [0.1, 0.15) is 22.5 Å². The summed E-state index contributed by atoms with van der Waals surface area (Å²) < 4.78 is 72.7. The number of ether oxygens (including phenoxy) is 1. The molecular formula is C20H19FN2O6S2. The fraction of sp³-hybridized carbons (Fsp3) is 0.250. The van der Waals surface area contributed by atoms with Gasteiger partial charge in [-0.3, -0.25) is 4.31 Å². The first-order chi connectivity index (χ1) is 14.6. The molecule has 1 aliphatic rings. The zero-order valence-electron chi connectivity index (χ0n) is 16.7. The second kappa shape index (κ2) is 7.34. The molecule has 1 saturated heterocycles. The number of esters is 1. The zero-order valence-corrected chi connectivity index (χ0v) is 18.3. The molecule has 3 aromatic rings. The number of hydrogen-bond acceptors (Lipinski definition) is 6. The molecular weight excluding hydrogens is 447 g/mol. The molecule has 31 heavy (non-hydrogen) atoms. The molecule has 0 bridgehead atoms. The van der Waals surface area contributed by atoms with Gasteiger partial charge in [0.05, 0.1) is 29.0 Å². The molecule has 1 fully saturated rings. The number of rotatable bonds is 4. The molecule has 2 heterocycles. The highest BCUT2D eigenvalue weighted by Crippen LogP contribution is 2.34. The maximum Gasteiger partial charge on any atom is 0.355 e. The van der Waals surface area contributed by atoms with Crippen molar-refractivity contribution in [3.05, 3.63) is 59.5 Å². The first-order valence-corrected chi connectivity index (χ1v) is 12.4. The van der Waals surface area contributed by atoms with Crippen molar-refractivity contribution in [1.82, 2.24) is 3.97 Å². The van der Waals surface area contributed by atoms with Gasteiger partial charge in [0.2, 0.25) is 10.0 Å². The van der Waals surface area contributed by atoms with Crippen LogP contribution in [0.2, 0.25) is 0 Å². The highest BCUT2D eigenvalue weighted by molar-refractivity contribution is 7.93. The van der Waals surface area contributed by atoms with Crippen LogP contribution in [0, 0.1) is 12.7 Å². The molecule has 11 heteroatoms. The number of carbonyl (C=O) groups is 1. The maximum absolute atomic E-state index is 14.8. The van der Waals surface area contributed by atoms with Crippen LogP contribution < -0.4 is 4.31 Å². The van der Waals surface area contributed by atoms with Crippen LogP contribution in [0.5, 0.6) is 0 Å². The molecule has 0 aliphatic carbocycles. The quantitative estimate of drug-likeness (QED) is 0.548. The van der Waals surface area contributed by atoms with Gasteiger partial charge in [0.25, 0.3) is 10.0 Å². The number of anilines is 1. The third kappa shape index (κ3) is 3.47. The van der Waals surface area contributed by atoms with Crippen molar-refractivity contribution in [2.75, 3.05) is 23.7 Å². The molecule has 8 nitrogen and oxygen atoms in total. The van der Waals surface area contributed by atoms with Gasteiger partial charge in [-0.05, 0) is 43.7 Å². The molecule has 0 amide bonds. The van der Waals surface area contributed by atoms with Crippen molar-refractivity contribution in [2.45, 2.75) is 18.2 Å². The van der Waals surface area contributed by atoms with E-state index in [0.717, 1.165) is 33.1 Å². The average molecular weight is 467 g/mol. The Labute approximate surface area is 178 Å². The standard InChI is InChI=1S/C20H19FN2O6S2/c1-13-4-6-15(7-5-13)31(27,28)23-17-12-18(22-8-3-9-30(22,25)26)16(21)10-14(17)11-19(23)20(24)29-2/h4-7,10-12H,3,8-9H2,1-2H3. The largest absolute Gasteiger partial charge is 0.464 e. The van der Waals surface area contributed by atoms with Gasteiger partial charge in [-0.2, -0.15) is 0 Å². The van der Waals surface area contributed by atoms with Crippen molar-refractivity contribution in [3.8, 4) is 0 Å². The number of aromatic nitrogens is 1. The van der Waals surface area contributed by atoms with Crippen LogP contribution in [0.3, 0.4) is 0 Å². The summed E-state index contributed by atoms with van der Waals surface area (Å²) in [4.78, 5) is 12.3. The number of halogens is 1. The van der Waals surface area contributed by atoms with E-state index in [9.17, 15) is 26.0 Å². The Balaban J connectivity index is 2.03. The van der Waals surface area contributed by atoms with E-state index >= 15 is 0 Å². The van der Waals surface area contributed by atoms with Crippen LogP contribution in [0.25, 0.3) is 10.9 Å². The Morgan fingerprint density at radius 3 is 2.39 bits per heavy atom. The Morgan fingerprint density at radius 1 is 1.13 bits per heavy atom. The first kappa shape index (κ1) is 21.3. The van der Waals surface area contributed by atoms with Gasteiger partial charge in [-0.1, -0.05) is 17.7 Å². The van der Waals surface area contributed by atoms with Gasteiger partial charge >= 0.3 is 5.97 Å². The molecule has 164 valence electrons. The Hall–Kier alpha value is -2.92. The van der Waals surface area contributed by atoms with Crippen molar-refractivity contribution >= 4 is 42.6 Å². The molecule has 0 saturated carbocycles. The maximum atomic E-state index is 14.8. The van der Waals surface area contributed by atoms with Crippen molar-refractivity contribution in [3.63, 3.8) is 0 Å². The van der Waals surface area contributed by atoms with Gasteiger partial charge in [0.15, 0.2) is 0 Å². The van der Waals surface area contributed by atoms with Gasteiger partial charge in [0.1, 0.15) is 11.5 Å². The van der Waals surface area contributed by atoms with Crippen LogP contribution in [-0.2, 0) is 24.8 Å². The summed E-state index contributed by atoms with van der Waals surface area (Å²) in [6.07, 6.45) is 0.329. The highest BCUT2D eigenvalue weighted by atomic mass is 32.2. The average Bonchev–Trinajstić information content (AvgIpc) is 3.26. The first-order valence-electron chi connectivity index (χ1n) is 9.32. The van der Waals surface area contributed by atoms with E-state index in [1.54, 1.807) is 19.1 Å². The highest BCUT2D eigenvalue weighted by Gasteiger charge is 2.33. The number of hydrogen-bond donors (Lipinski definition) is 0. The lowest BCUT2D eigenvalue weighted by Gasteiger charge is -2.18. The van der Waals surface area contributed by atoms with Crippen LogP contribution >= 0.6 is 0 Å². The zero-order chi connectivity index (χ0) is 22.6. The predicted molar refractivity (Wildman–Crippen MR) is 113 cm³/mol. The summed E-state index contributed by atoms with van der Waals surface area (Å²) in [5.74, 6) is -1.89. The van der Waals surface area contributed by atoms with E-state index in [1.165, 1.54) is 18.2 Å². The Kier molecular flexibility index (Phi) is 5.05. The van der Waals surface area contributed by atoms with E-state index in [2.05, 4.69) is 0 Å². The molecule has 0 atom stereocenters. The second-order valence-corrected chi connectivity index (χ2v) is 11.0. The normalized spacial score (nSPS) is 16.0. The number of fused-ring (bicyclic) bond motifs is 1. The van der Waals surface area contributed by atoms with Gasteiger partial charge in [0, 0.05) is 11.9 Å². The van der Waals surface area contributed by atoms with Gasteiger partial charge < -0.3 is 4.74 Å². The summed E-state index contributed by atoms with van der Waals surface area (Å²) in [5.41, 5.74) is 0.228. The van der Waals surface area contributed by atoms with Gasteiger partial charge in [-0.25, -0.2) is 30.0 Å². The number of sulfonamides is 1. The molecule has 0 spiro atoms. The minimum absolute atomic E-state index is 0.0283. The minimum Gasteiger partial charge on any atom is -0.464 e. The number of benzene rings is 2. The molecule has 0 radical (unpaired) electrons. The third-order valence-corrected chi connectivity index (χ3v) is 8.75. The summed E-state index contributed by atoms with van der Waals surface area (Å²) in [5, 5.41) is 0.119. The van der Waals surface area contributed by atoms with E-state index in [1.807, 2.05) is 0 Å². The summed E-state index contributed by atoms with van der Waals surface area (Å²) in [7, 11) is -6.89. The Bertz CT molecular complexity index is 1410. The van der Waals surface area contributed by atoms with E-state index in [4.69, 9.17) is 4.74 Å². The molecule has 1 aromatic heterocycles. The van der Waals surface area contributed by atoms with E-state index in [-0.39, 0.29) is 39.5 Å². The fourth-order valence-electron chi connectivity index (χ4n) is 3.62. The topological polar surface area (TPSA) is 103 Å². The van der Waals surface area contributed by atoms with Gasteiger partial charge in [-0.15, -0.1) is 0 Å².